The largest absolute Gasteiger partial charge is 0.369 e. The third-order valence-corrected chi connectivity index (χ3v) is 7.95. The lowest BCUT2D eigenvalue weighted by Gasteiger charge is -2.37. The molecule has 10 heteroatoms. The highest BCUT2D eigenvalue weighted by atomic mass is 35.5. The van der Waals surface area contributed by atoms with E-state index in [4.69, 9.17) is 11.6 Å². The van der Waals surface area contributed by atoms with E-state index < -0.39 is 22.0 Å². The van der Waals surface area contributed by atoms with Crippen molar-refractivity contribution in [3.8, 4) is 0 Å². The predicted molar refractivity (Wildman–Crippen MR) is 129 cm³/mol. The molecule has 2 aromatic carbocycles. The molecular weight excluding hydrogens is 467 g/mol. The van der Waals surface area contributed by atoms with Crippen LogP contribution in [-0.2, 0) is 14.8 Å². The van der Waals surface area contributed by atoms with Crippen molar-refractivity contribution in [2.24, 2.45) is 0 Å². The molecule has 33 heavy (non-hydrogen) atoms. The van der Waals surface area contributed by atoms with Crippen LogP contribution in [0.4, 0.5) is 10.1 Å². The zero-order valence-corrected chi connectivity index (χ0v) is 20.7. The Morgan fingerprint density at radius 2 is 1.79 bits per heavy atom. The Morgan fingerprint density at radius 1 is 1.15 bits per heavy atom. The van der Waals surface area contributed by atoms with Crippen LogP contribution in [0.2, 0.25) is 5.02 Å². The number of halogens is 2. The Hall–Kier alpha value is -2.20. The van der Waals surface area contributed by atoms with Gasteiger partial charge in [-0.1, -0.05) is 18.5 Å². The van der Waals surface area contributed by atoms with E-state index in [2.05, 4.69) is 22.0 Å². The second-order valence-corrected chi connectivity index (χ2v) is 10.6. The van der Waals surface area contributed by atoms with E-state index in [9.17, 15) is 17.6 Å². The molecule has 1 heterocycles. The van der Waals surface area contributed by atoms with Gasteiger partial charge in [0.05, 0.1) is 17.5 Å². The molecule has 180 valence electrons. The number of benzene rings is 2. The molecule has 1 saturated heterocycles. The summed E-state index contributed by atoms with van der Waals surface area (Å²) in [6.07, 6.45) is 0. The third kappa shape index (κ3) is 6.23. The molecule has 0 saturated carbocycles. The van der Waals surface area contributed by atoms with Gasteiger partial charge in [0, 0.05) is 49.5 Å². The van der Waals surface area contributed by atoms with Gasteiger partial charge in [0.2, 0.25) is 15.9 Å². The fourth-order valence-corrected chi connectivity index (χ4v) is 5.16. The van der Waals surface area contributed by atoms with Crippen LogP contribution in [0.3, 0.4) is 0 Å². The van der Waals surface area contributed by atoms with Crippen LogP contribution in [0.5, 0.6) is 0 Å². The van der Waals surface area contributed by atoms with Gasteiger partial charge in [-0.25, -0.2) is 12.8 Å². The summed E-state index contributed by atoms with van der Waals surface area (Å²) >= 11 is 5.83. The Bertz CT molecular complexity index is 1070. The third-order valence-electron chi connectivity index (χ3n) is 5.88. The first-order chi connectivity index (χ1) is 15.6. The number of rotatable bonds is 8. The number of hydrogen-bond donors (Lipinski definition) is 1. The molecule has 3 rings (SSSR count). The number of nitrogens with one attached hydrogen (secondary N) is 1. The van der Waals surface area contributed by atoms with Crippen molar-refractivity contribution < 1.29 is 17.6 Å². The number of anilines is 1. The number of sulfonamides is 1. The van der Waals surface area contributed by atoms with E-state index in [1.165, 1.54) is 43.4 Å². The van der Waals surface area contributed by atoms with Gasteiger partial charge in [0.15, 0.2) is 0 Å². The minimum absolute atomic E-state index is 0.0499. The number of amides is 1. The van der Waals surface area contributed by atoms with Gasteiger partial charge in [-0.2, -0.15) is 4.31 Å². The molecule has 7 nitrogen and oxygen atoms in total. The molecule has 1 N–H and O–H groups in total. The maximum absolute atomic E-state index is 14.1. The van der Waals surface area contributed by atoms with E-state index in [-0.39, 0.29) is 17.3 Å². The first-order valence-electron chi connectivity index (χ1n) is 10.9. The van der Waals surface area contributed by atoms with Crippen LogP contribution in [-0.4, -0.2) is 69.8 Å². The molecule has 0 aromatic heterocycles. The summed E-state index contributed by atoms with van der Waals surface area (Å²) in [6.45, 7) is 7.98. The van der Waals surface area contributed by atoms with Gasteiger partial charge in [-0.15, -0.1) is 0 Å². The minimum Gasteiger partial charge on any atom is -0.369 e. The monoisotopic (exact) mass is 496 g/mol. The Labute approximate surface area is 200 Å². The average Bonchev–Trinajstić information content (AvgIpc) is 2.79. The zero-order chi connectivity index (χ0) is 24.2. The summed E-state index contributed by atoms with van der Waals surface area (Å²) in [4.78, 5) is 17.3. The van der Waals surface area contributed by atoms with Crippen LogP contribution in [0.15, 0.2) is 47.4 Å². The van der Waals surface area contributed by atoms with Crippen molar-refractivity contribution in [3.05, 3.63) is 58.9 Å². The smallest absolute Gasteiger partial charge is 0.243 e. The number of carbonyl (C=O) groups is 1. The van der Waals surface area contributed by atoms with Crippen molar-refractivity contribution in [1.82, 2.24) is 14.5 Å². The van der Waals surface area contributed by atoms with Crippen molar-refractivity contribution in [2.45, 2.75) is 24.8 Å². The highest BCUT2D eigenvalue weighted by Gasteiger charge is 2.25. The van der Waals surface area contributed by atoms with Gasteiger partial charge in [0.25, 0.3) is 0 Å². The molecule has 0 aliphatic carbocycles. The van der Waals surface area contributed by atoms with Crippen LogP contribution in [0.25, 0.3) is 0 Å². The molecule has 1 amide bonds. The summed E-state index contributed by atoms with van der Waals surface area (Å²) in [6, 6.07) is 9.85. The number of carbonyl (C=O) groups excluding carboxylic acids is 1. The lowest BCUT2D eigenvalue weighted by Crippen LogP contribution is -2.46. The van der Waals surface area contributed by atoms with Crippen LogP contribution in [0, 0.1) is 5.82 Å². The fraction of sp³-hybridized carbons (Fsp3) is 0.435. The van der Waals surface area contributed by atoms with Crippen molar-refractivity contribution >= 4 is 33.2 Å². The quantitative estimate of drug-likeness (QED) is 0.608. The van der Waals surface area contributed by atoms with Crippen LogP contribution in [0.1, 0.15) is 25.5 Å². The fourth-order valence-electron chi connectivity index (χ4n) is 3.90. The maximum atomic E-state index is 14.1. The van der Waals surface area contributed by atoms with E-state index in [1.54, 1.807) is 13.0 Å². The van der Waals surface area contributed by atoms with Crippen molar-refractivity contribution in [3.63, 3.8) is 0 Å². The van der Waals surface area contributed by atoms with Gasteiger partial charge < -0.3 is 15.1 Å². The van der Waals surface area contributed by atoms with Crippen LogP contribution >= 0.6 is 11.6 Å². The van der Waals surface area contributed by atoms with E-state index in [0.717, 1.165) is 42.7 Å². The standard InChI is InChI=1S/C23H30ClFN4O3S/c1-4-28-11-13-29(14-12-28)22-10-7-19(25)15-21(22)17(2)26-23(30)16-27(3)33(31,32)20-8-5-18(24)6-9-20/h5-10,15,17H,4,11-14,16H2,1-3H3,(H,26,30). The normalized spacial score (nSPS) is 16.1. The molecule has 0 bridgehead atoms. The number of nitrogens with zero attached hydrogens (tertiary/aromatic N) is 3. The summed E-state index contributed by atoms with van der Waals surface area (Å²) in [5.74, 6) is -0.863. The lowest BCUT2D eigenvalue weighted by molar-refractivity contribution is -0.121. The van der Waals surface area contributed by atoms with Crippen molar-refractivity contribution in [2.75, 3.05) is 51.2 Å². The lowest BCUT2D eigenvalue weighted by atomic mass is 10.0. The first-order valence-corrected chi connectivity index (χ1v) is 12.7. The first kappa shape index (κ1) is 25.4. The van der Waals surface area contributed by atoms with Gasteiger partial charge in [-0.05, 0) is 55.9 Å². The molecule has 1 aliphatic heterocycles. The van der Waals surface area contributed by atoms with E-state index in [1.807, 2.05) is 0 Å². The SMILES string of the molecule is CCN1CCN(c2ccc(F)cc2C(C)NC(=O)CN(C)S(=O)(=O)c2ccc(Cl)cc2)CC1. The molecule has 1 aliphatic rings. The number of likely N-dealkylation sites (N-methyl/N-ethyl adjacent to an activating group) is 2. The van der Waals surface area contributed by atoms with Gasteiger partial charge >= 0.3 is 0 Å². The molecular formula is C23H30ClFN4O3S. The molecule has 0 radical (unpaired) electrons. The zero-order valence-electron chi connectivity index (χ0n) is 19.1. The molecule has 2 aromatic rings. The number of piperazine rings is 1. The van der Waals surface area contributed by atoms with E-state index in [0.29, 0.717) is 10.6 Å². The van der Waals surface area contributed by atoms with E-state index >= 15 is 0 Å². The summed E-state index contributed by atoms with van der Waals surface area (Å²) in [5.41, 5.74) is 1.54. The van der Waals surface area contributed by atoms with Crippen molar-refractivity contribution in [1.29, 1.82) is 0 Å². The maximum Gasteiger partial charge on any atom is 0.243 e. The van der Waals surface area contributed by atoms with Crippen LogP contribution < -0.4 is 10.2 Å². The molecule has 1 unspecified atom stereocenters. The summed E-state index contributed by atoms with van der Waals surface area (Å²) in [5, 5.41) is 3.24. The summed E-state index contributed by atoms with van der Waals surface area (Å²) in [7, 11) is -2.51. The summed E-state index contributed by atoms with van der Waals surface area (Å²) < 4.78 is 40.5. The topological polar surface area (TPSA) is 73.0 Å². The molecule has 1 fully saturated rings. The second-order valence-electron chi connectivity index (χ2n) is 8.13. The molecule has 0 spiro atoms. The Kier molecular flexibility index (Phi) is 8.33. The Balaban J connectivity index is 1.69. The predicted octanol–water partition coefficient (Wildman–Crippen LogP) is 3.12. The highest BCUT2D eigenvalue weighted by molar-refractivity contribution is 7.89. The molecule has 1 atom stereocenters. The van der Waals surface area contributed by atoms with Gasteiger partial charge in [0.1, 0.15) is 5.82 Å². The van der Waals surface area contributed by atoms with Gasteiger partial charge in [-0.3, -0.25) is 4.79 Å². The number of hydrogen-bond acceptors (Lipinski definition) is 5. The Morgan fingerprint density at radius 3 is 2.39 bits per heavy atom. The minimum atomic E-state index is -3.85. The highest BCUT2D eigenvalue weighted by Crippen LogP contribution is 2.28. The second kappa shape index (κ2) is 10.8. The average molecular weight is 497 g/mol.